The van der Waals surface area contributed by atoms with Gasteiger partial charge in [0.2, 0.25) is 0 Å². The molecule has 3 aromatic rings. The van der Waals surface area contributed by atoms with Gasteiger partial charge in [-0.25, -0.2) is 9.97 Å². The van der Waals surface area contributed by atoms with Gasteiger partial charge in [-0.3, -0.25) is 0 Å². The van der Waals surface area contributed by atoms with Crippen LogP contribution in [-0.4, -0.2) is 20.1 Å². The lowest BCUT2D eigenvalue weighted by atomic mass is 10.1. The van der Waals surface area contributed by atoms with Crippen molar-refractivity contribution in [2.45, 2.75) is 18.8 Å². The van der Waals surface area contributed by atoms with Gasteiger partial charge in [0.05, 0.1) is 5.39 Å². The monoisotopic (exact) mass is 260 g/mol. The number of aromatic amines is 1. The van der Waals surface area contributed by atoms with Gasteiger partial charge in [0, 0.05) is 23.7 Å². The Morgan fingerprint density at radius 3 is 3.06 bits per heavy atom. The zero-order chi connectivity index (χ0) is 12.1. The average Bonchev–Trinajstić information content (AvgIpc) is 2.95. The van der Waals surface area contributed by atoms with E-state index in [1.165, 1.54) is 19.2 Å². The van der Waals surface area contributed by atoms with Crippen LogP contribution >= 0.6 is 11.6 Å². The van der Waals surface area contributed by atoms with Gasteiger partial charge >= 0.3 is 0 Å². The molecule has 1 N–H and O–H groups in total. The maximum Gasteiger partial charge on any atom is 0.142 e. The summed E-state index contributed by atoms with van der Waals surface area (Å²) in [5.41, 5.74) is 2.37. The molecule has 0 amide bonds. The van der Waals surface area contributed by atoms with E-state index in [2.05, 4.69) is 20.1 Å². The van der Waals surface area contributed by atoms with Crippen molar-refractivity contribution >= 4 is 22.6 Å². The Morgan fingerprint density at radius 1 is 1.33 bits per heavy atom. The van der Waals surface area contributed by atoms with Gasteiger partial charge in [-0.15, -0.1) is 0 Å². The average molecular weight is 261 g/mol. The number of rotatable bonds is 2. The fraction of sp³-hybridized carbons (Fsp3) is 0.250. The number of halogens is 1. The number of fused-ring (bicyclic) bond motifs is 1. The van der Waals surface area contributed by atoms with Crippen molar-refractivity contribution in [2.24, 2.45) is 0 Å². The topological polar surface area (TPSA) is 67.6 Å². The van der Waals surface area contributed by atoms with Crippen LogP contribution in [0.5, 0.6) is 0 Å². The Morgan fingerprint density at radius 2 is 2.22 bits per heavy atom. The standard InChI is InChI=1S/C12H9ClN4O/c13-11-10-7(4-14-12(10)16-5-15-11)8-3-9(18-17-8)6-1-2-6/h3-6H,1-2H2,(H,14,15,16). The Labute approximate surface area is 107 Å². The third kappa shape index (κ3) is 1.44. The first-order valence-corrected chi connectivity index (χ1v) is 6.15. The van der Waals surface area contributed by atoms with Crippen LogP contribution < -0.4 is 0 Å². The molecule has 0 spiro atoms. The second kappa shape index (κ2) is 3.55. The van der Waals surface area contributed by atoms with Crippen molar-refractivity contribution in [1.29, 1.82) is 0 Å². The summed E-state index contributed by atoms with van der Waals surface area (Å²) in [7, 11) is 0. The molecule has 0 aromatic carbocycles. The van der Waals surface area contributed by atoms with Crippen molar-refractivity contribution < 1.29 is 4.52 Å². The molecule has 0 bridgehead atoms. The molecular weight excluding hydrogens is 252 g/mol. The van der Waals surface area contributed by atoms with Crippen LogP contribution in [0.2, 0.25) is 5.15 Å². The fourth-order valence-corrected chi connectivity index (χ4v) is 2.34. The summed E-state index contributed by atoms with van der Waals surface area (Å²) in [4.78, 5) is 11.2. The van der Waals surface area contributed by atoms with Crippen LogP contribution in [0.3, 0.4) is 0 Å². The van der Waals surface area contributed by atoms with Gasteiger partial charge < -0.3 is 9.51 Å². The summed E-state index contributed by atoms with van der Waals surface area (Å²) in [5, 5.41) is 5.31. The summed E-state index contributed by atoms with van der Waals surface area (Å²) >= 11 is 6.11. The second-order valence-electron chi connectivity index (χ2n) is 4.48. The van der Waals surface area contributed by atoms with E-state index in [1.807, 2.05) is 12.3 Å². The highest BCUT2D eigenvalue weighted by atomic mass is 35.5. The highest BCUT2D eigenvalue weighted by molar-refractivity contribution is 6.35. The third-order valence-corrected chi connectivity index (χ3v) is 3.49. The zero-order valence-corrected chi connectivity index (χ0v) is 10.1. The number of aromatic nitrogens is 4. The smallest absolute Gasteiger partial charge is 0.142 e. The van der Waals surface area contributed by atoms with E-state index in [0.717, 1.165) is 22.4 Å². The van der Waals surface area contributed by atoms with Crippen molar-refractivity contribution in [2.75, 3.05) is 0 Å². The number of nitrogens with one attached hydrogen (secondary N) is 1. The van der Waals surface area contributed by atoms with Crippen LogP contribution in [0.15, 0.2) is 23.1 Å². The lowest BCUT2D eigenvalue weighted by molar-refractivity contribution is 0.386. The lowest BCUT2D eigenvalue weighted by Gasteiger charge is -1.94. The number of nitrogens with zero attached hydrogens (tertiary/aromatic N) is 3. The maximum atomic E-state index is 6.11. The highest BCUT2D eigenvalue weighted by Gasteiger charge is 2.28. The molecule has 0 unspecified atom stereocenters. The maximum absolute atomic E-state index is 6.11. The molecule has 6 heteroatoms. The number of hydrogen-bond donors (Lipinski definition) is 1. The molecule has 0 aliphatic heterocycles. The number of H-pyrrole nitrogens is 1. The fourth-order valence-electron chi connectivity index (χ4n) is 2.10. The molecule has 1 aliphatic rings. The van der Waals surface area contributed by atoms with E-state index < -0.39 is 0 Å². The van der Waals surface area contributed by atoms with Gasteiger partial charge in [0.25, 0.3) is 0 Å². The molecule has 0 radical (unpaired) electrons. The molecule has 3 heterocycles. The Kier molecular flexibility index (Phi) is 1.99. The normalized spacial score (nSPS) is 15.4. The lowest BCUT2D eigenvalue weighted by Crippen LogP contribution is -1.82. The van der Waals surface area contributed by atoms with E-state index in [4.69, 9.17) is 16.1 Å². The van der Waals surface area contributed by atoms with Crippen LogP contribution in [0, 0.1) is 0 Å². The van der Waals surface area contributed by atoms with E-state index in [-0.39, 0.29) is 0 Å². The second-order valence-corrected chi connectivity index (χ2v) is 4.84. The molecule has 1 saturated carbocycles. The SMILES string of the molecule is Clc1ncnc2[nH]cc(-c3cc(C4CC4)on3)c12. The van der Waals surface area contributed by atoms with E-state index in [1.54, 1.807) is 0 Å². The van der Waals surface area contributed by atoms with Gasteiger partial charge in [0.15, 0.2) is 0 Å². The molecule has 1 aliphatic carbocycles. The van der Waals surface area contributed by atoms with Crippen molar-refractivity contribution in [3.63, 3.8) is 0 Å². The highest BCUT2D eigenvalue weighted by Crippen LogP contribution is 2.42. The van der Waals surface area contributed by atoms with E-state index in [9.17, 15) is 0 Å². The Balaban J connectivity index is 1.90. The molecule has 18 heavy (non-hydrogen) atoms. The number of hydrogen-bond acceptors (Lipinski definition) is 4. The predicted octanol–water partition coefficient (Wildman–Crippen LogP) is 3.14. The summed E-state index contributed by atoms with van der Waals surface area (Å²) < 4.78 is 5.35. The summed E-state index contributed by atoms with van der Waals surface area (Å²) in [6.07, 6.45) is 5.64. The zero-order valence-electron chi connectivity index (χ0n) is 9.35. The summed E-state index contributed by atoms with van der Waals surface area (Å²) in [6, 6.07) is 1.98. The molecule has 0 atom stereocenters. The Hall–Kier alpha value is -1.88. The minimum Gasteiger partial charge on any atom is -0.360 e. The molecular formula is C12H9ClN4O. The van der Waals surface area contributed by atoms with Crippen LogP contribution in [-0.2, 0) is 0 Å². The molecule has 0 saturated heterocycles. The Bertz CT molecular complexity index is 729. The molecule has 90 valence electrons. The van der Waals surface area contributed by atoms with E-state index in [0.29, 0.717) is 16.7 Å². The predicted molar refractivity (Wildman–Crippen MR) is 66.4 cm³/mol. The summed E-state index contributed by atoms with van der Waals surface area (Å²) in [5.74, 6) is 1.50. The van der Waals surface area contributed by atoms with Crippen LogP contribution in [0.25, 0.3) is 22.3 Å². The molecule has 5 nitrogen and oxygen atoms in total. The minimum absolute atomic E-state index is 0.423. The van der Waals surface area contributed by atoms with Crippen molar-refractivity contribution in [3.8, 4) is 11.3 Å². The minimum atomic E-state index is 0.423. The van der Waals surface area contributed by atoms with E-state index >= 15 is 0 Å². The van der Waals surface area contributed by atoms with Crippen LogP contribution in [0.1, 0.15) is 24.5 Å². The largest absolute Gasteiger partial charge is 0.360 e. The van der Waals surface area contributed by atoms with Gasteiger partial charge in [-0.1, -0.05) is 16.8 Å². The molecule has 4 rings (SSSR count). The molecule has 3 aromatic heterocycles. The van der Waals surface area contributed by atoms with Gasteiger partial charge in [-0.05, 0) is 12.8 Å². The first-order chi connectivity index (χ1) is 8.83. The van der Waals surface area contributed by atoms with Crippen molar-refractivity contribution in [3.05, 3.63) is 29.5 Å². The van der Waals surface area contributed by atoms with Crippen molar-refractivity contribution in [1.82, 2.24) is 20.1 Å². The first kappa shape index (κ1) is 10.1. The van der Waals surface area contributed by atoms with Gasteiger partial charge in [-0.2, -0.15) is 0 Å². The summed E-state index contributed by atoms with van der Waals surface area (Å²) in [6.45, 7) is 0. The first-order valence-electron chi connectivity index (χ1n) is 5.77. The quantitative estimate of drug-likeness (QED) is 0.719. The third-order valence-electron chi connectivity index (χ3n) is 3.21. The molecule has 1 fully saturated rings. The van der Waals surface area contributed by atoms with Crippen LogP contribution in [0.4, 0.5) is 0 Å². The van der Waals surface area contributed by atoms with Gasteiger partial charge in [0.1, 0.15) is 28.6 Å².